The lowest BCUT2D eigenvalue weighted by Crippen LogP contribution is -2.11. The minimum absolute atomic E-state index is 0.534. The number of hydrogen-bond acceptors (Lipinski definition) is 3. The van der Waals surface area contributed by atoms with Crippen LogP contribution in [0.15, 0.2) is 54.6 Å². The van der Waals surface area contributed by atoms with Gasteiger partial charge in [-0.3, -0.25) is 5.43 Å². The van der Waals surface area contributed by atoms with E-state index in [1.807, 2.05) is 48.5 Å². The van der Waals surface area contributed by atoms with Gasteiger partial charge in [0.1, 0.15) is 0 Å². The van der Waals surface area contributed by atoms with Gasteiger partial charge in [-0.15, -0.1) is 0 Å². The quantitative estimate of drug-likeness (QED) is 0.718. The number of aromatic amines is 1. The smallest absolute Gasteiger partial charge is 0.214 e. The number of anilines is 1. The third-order valence-electron chi connectivity index (χ3n) is 3.07. The molecule has 2 aromatic carbocycles. The molecule has 20 heavy (non-hydrogen) atoms. The van der Waals surface area contributed by atoms with Gasteiger partial charge in [-0.2, -0.15) is 5.10 Å². The molecule has 0 aliphatic heterocycles. The summed E-state index contributed by atoms with van der Waals surface area (Å²) in [5.74, 6) is 0.775. The van der Waals surface area contributed by atoms with E-state index in [9.17, 15) is 0 Å². The number of aromatic nitrogens is 3. The van der Waals surface area contributed by atoms with Crippen LogP contribution in [0.5, 0.6) is 0 Å². The van der Waals surface area contributed by atoms with Gasteiger partial charge in [0.05, 0.1) is 5.69 Å². The molecule has 2 N–H and O–H groups in total. The molecule has 3 aromatic rings. The van der Waals surface area contributed by atoms with Gasteiger partial charge in [0.2, 0.25) is 4.77 Å². The minimum atomic E-state index is 0.534. The standard InChI is InChI=1S/C15H14N4S/c1-11-7-5-6-10-13(11)14-16-17-15(20)19(14)18-12-8-3-2-4-9-12/h2-10,18H,1H3,(H,17,20). The van der Waals surface area contributed by atoms with E-state index in [0.717, 1.165) is 22.6 Å². The Morgan fingerprint density at radius 1 is 1.05 bits per heavy atom. The predicted octanol–water partition coefficient (Wildman–Crippen LogP) is 3.79. The maximum absolute atomic E-state index is 5.30. The van der Waals surface area contributed by atoms with E-state index in [0.29, 0.717) is 4.77 Å². The van der Waals surface area contributed by atoms with Crippen molar-refractivity contribution in [3.63, 3.8) is 0 Å². The number of nitrogens with one attached hydrogen (secondary N) is 2. The first kappa shape index (κ1) is 12.6. The molecule has 0 fully saturated rings. The zero-order valence-electron chi connectivity index (χ0n) is 11.0. The number of H-pyrrole nitrogens is 1. The lowest BCUT2D eigenvalue weighted by Gasteiger charge is -2.11. The highest BCUT2D eigenvalue weighted by atomic mass is 32.1. The van der Waals surface area contributed by atoms with E-state index in [4.69, 9.17) is 12.2 Å². The van der Waals surface area contributed by atoms with Crippen molar-refractivity contribution in [2.45, 2.75) is 6.92 Å². The predicted molar refractivity (Wildman–Crippen MR) is 83.0 cm³/mol. The van der Waals surface area contributed by atoms with E-state index >= 15 is 0 Å². The molecular formula is C15H14N4S. The molecule has 0 radical (unpaired) electrons. The lowest BCUT2D eigenvalue weighted by molar-refractivity contribution is 0.941. The van der Waals surface area contributed by atoms with E-state index in [-0.39, 0.29) is 0 Å². The van der Waals surface area contributed by atoms with Gasteiger partial charge in [-0.1, -0.05) is 42.5 Å². The van der Waals surface area contributed by atoms with Gasteiger partial charge in [0.15, 0.2) is 5.82 Å². The van der Waals surface area contributed by atoms with Gasteiger partial charge in [0.25, 0.3) is 0 Å². The molecule has 1 aromatic heterocycles. The Balaban J connectivity index is 2.07. The highest BCUT2D eigenvalue weighted by molar-refractivity contribution is 7.71. The largest absolute Gasteiger partial charge is 0.290 e. The van der Waals surface area contributed by atoms with E-state index < -0.39 is 0 Å². The summed E-state index contributed by atoms with van der Waals surface area (Å²) in [7, 11) is 0. The Labute approximate surface area is 122 Å². The number of para-hydroxylation sites is 1. The van der Waals surface area contributed by atoms with E-state index in [2.05, 4.69) is 28.6 Å². The molecule has 0 unspecified atom stereocenters. The fraction of sp³-hybridized carbons (Fsp3) is 0.0667. The molecule has 0 aliphatic carbocycles. The average molecular weight is 282 g/mol. The Kier molecular flexibility index (Phi) is 3.35. The topological polar surface area (TPSA) is 45.6 Å². The van der Waals surface area contributed by atoms with Crippen molar-refractivity contribution >= 4 is 17.9 Å². The molecule has 0 saturated carbocycles. The second kappa shape index (κ2) is 5.30. The highest BCUT2D eigenvalue weighted by Crippen LogP contribution is 2.21. The summed E-state index contributed by atoms with van der Waals surface area (Å²) < 4.78 is 2.32. The summed E-state index contributed by atoms with van der Waals surface area (Å²) in [4.78, 5) is 0. The Hall–Kier alpha value is -2.40. The zero-order chi connectivity index (χ0) is 13.9. The minimum Gasteiger partial charge on any atom is -0.290 e. The zero-order valence-corrected chi connectivity index (χ0v) is 11.8. The first-order valence-corrected chi connectivity index (χ1v) is 6.72. The van der Waals surface area contributed by atoms with Crippen LogP contribution in [-0.4, -0.2) is 14.9 Å². The van der Waals surface area contributed by atoms with Gasteiger partial charge in [0, 0.05) is 5.56 Å². The summed E-state index contributed by atoms with van der Waals surface area (Å²) in [5.41, 5.74) is 6.42. The summed E-state index contributed by atoms with van der Waals surface area (Å²) >= 11 is 5.30. The number of nitrogens with zero attached hydrogens (tertiary/aromatic N) is 2. The molecule has 100 valence electrons. The number of hydrogen-bond donors (Lipinski definition) is 2. The molecular weight excluding hydrogens is 268 g/mol. The van der Waals surface area contributed by atoms with Crippen LogP contribution in [0.25, 0.3) is 11.4 Å². The van der Waals surface area contributed by atoms with Crippen LogP contribution in [0, 0.1) is 11.7 Å². The van der Waals surface area contributed by atoms with Crippen molar-refractivity contribution in [1.29, 1.82) is 0 Å². The molecule has 0 saturated heterocycles. The third-order valence-corrected chi connectivity index (χ3v) is 3.35. The average Bonchev–Trinajstić information content (AvgIpc) is 2.82. The molecule has 0 bridgehead atoms. The lowest BCUT2D eigenvalue weighted by atomic mass is 10.1. The van der Waals surface area contributed by atoms with Crippen LogP contribution in [0.3, 0.4) is 0 Å². The van der Waals surface area contributed by atoms with Crippen molar-refractivity contribution in [3.8, 4) is 11.4 Å². The maximum Gasteiger partial charge on any atom is 0.214 e. The van der Waals surface area contributed by atoms with Crippen molar-refractivity contribution < 1.29 is 0 Å². The number of benzene rings is 2. The van der Waals surface area contributed by atoms with Crippen molar-refractivity contribution in [3.05, 3.63) is 64.9 Å². The fourth-order valence-electron chi connectivity index (χ4n) is 2.05. The maximum atomic E-state index is 5.30. The van der Waals surface area contributed by atoms with Gasteiger partial charge >= 0.3 is 0 Å². The first-order valence-electron chi connectivity index (χ1n) is 6.31. The third kappa shape index (κ3) is 2.35. The molecule has 0 aliphatic rings. The first-order chi connectivity index (χ1) is 9.75. The molecule has 1 heterocycles. The summed E-state index contributed by atoms with van der Waals surface area (Å²) in [6.45, 7) is 2.06. The molecule has 0 spiro atoms. The van der Waals surface area contributed by atoms with Crippen LogP contribution in [0.4, 0.5) is 5.69 Å². The monoisotopic (exact) mass is 282 g/mol. The summed E-state index contributed by atoms with van der Waals surface area (Å²) in [5, 5.41) is 7.16. The summed E-state index contributed by atoms with van der Waals surface area (Å²) in [6.07, 6.45) is 0. The SMILES string of the molecule is Cc1ccccc1-c1n[nH]c(=S)n1Nc1ccccc1. The van der Waals surface area contributed by atoms with Crippen LogP contribution < -0.4 is 5.43 Å². The van der Waals surface area contributed by atoms with Crippen molar-refractivity contribution in [2.75, 3.05) is 5.43 Å². The molecule has 4 nitrogen and oxygen atoms in total. The van der Waals surface area contributed by atoms with Gasteiger partial charge in [-0.25, -0.2) is 9.77 Å². The Bertz CT molecular complexity index is 774. The Morgan fingerprint density at radius 3 is 2.50 bits per heavy atom. The van der Waals surface area contributed by atoms with E-state index in [1.54, 1.807) is 4.68 Å². The Morgan fingerprint density at radius 2 is 1.75 bits per heavy atom. The second-order valence-electron chi connectivity index (χ2n) is 4.48. The van der Waals surface area contributed by atoms with E-state index in [1.165, 1.54) is 0 Å². The van der Waals surface area contributed by atoms with Gasteiger partial charge < -0.3 is 0 Å². The van der Waals surface area contributed by atoms with Crippen molar-refractivity contribution in [2.24, 2.45) is 0 Å². The molecule has 0 atom stereocenters. The van der Waals surface area contributed by atoms with Crippen LogP contribution in [0.1, 0.15) is 5.56 Å². The van der Waals surface area contributed by atoms with Gasteiger partial charge in [-0.05, 0) is 36.8 Å². The highest BCUT2D eigenvalue weighted by Gasteiger charge is 2.10. The molecule has 5 heteroatoms. The normalized spacial score (nSPS) is 10.4. The summed E-state index contributed by atoms with van der Waals surface area (Å²) in [6, 6.07) is 18.0. The molecule has 0 amide bonds. The fourth-order valence-corrected chi connectivity index (χ4v) is 2.22. The van der Waals surface area contributed by atoms with Crippen molar-refractivity contribution in [1.82, 2.24) is 14.9 Å². The van der Waals surface area contributed by atoms with Crippen LogP contribution in [0.2, 0.25) is 0 Å². The molecule has 3 rings (SSSR count). The van der Waals surface area contributed by atoms with Crippen LogP contribution >= 0.6 is 12.2 Å². The number of rotatable bonds is 3. The second-order valence-corrected chi connectivity index (χ2v) is 4.87. The van der Waals surface area contributed by atoms with Crippen LogP contribution in [-0.2, 0) is 0 Å². The number of aryl methyl sites for hydroxylation is 1.